The molecule has 0 radical (unpaired) electrons. The van der Waals surface area contributed by atoms with Crippen molar-refractivity contribution in [2.75, 3.05) is 18.5 Å². The minimum atomic E-state index is -0.627. The van der Waals surface area contributed by atoms with Crippen LogP contribution in [0.3, 0.4) is 0 Å². The molecule has 2 aromatic rings. The lowest BCUT2D eigenvalue weighted by molar-refractivity contribution is -0.157. The highest BCUT2D eigenvalue weighted by Crippen LogP contribution is 2.16. The molecule has 1 aliphatic heterocycles. The number of aromatic nitrogens is 3. The van der Waals surface area contributed by atoms with E-state index in [0.717, 1.165) is 5.69 Å². The average Bonchev–Trinajstić information content (AvgIpc) is 2.96. The smallest absolute Gasteiger partial charge is 0.257 e. The normalized spacial score (nSPS) is 22.0. The van der Waals surface area contributed by atoms with E-state index in [1.807, 2.05) is 37.3 Å². The first-order chi connectivity index (χ1) is 10.3. The first-order valence-electron chi connectivity index (χ1n) is 6.76. The van der Waals surface area contributed by atoms with Gasteiger partial charge in [0.05, 0.1) is 31.2 Å². The Kier molecular flexibility index (Phi) is 3.94. The molecule has 110 valence electrons. The summed E-state index contributed by atoms with van der Waals surface area (Å²) in [6.45, 7) is 2.74. The van der Waals surface area contributed by atoms with Gasteiger partial charge in [-0.15, -0.1) is 5.10 Å². The Morgan fingerprint density at radius 2 is 2.05 bits per heavy atom. The summed E-state index contributed by atoms with van der Waals surface area (Å²) in [5.74, 6) is 0.231. The maximum Gasteiger partial charge on any atom is 0.257 e. The van der Waals surface area contributed by atoms with Crippen molar-refractivity contribution >= 4 is 11.7 Å². The number of rotatable bonds is 3. The lowest BCUT2D eigenvalue weighted by Gasteiger charge is -2.28. The molecule has 1 saturated heterocycles. The van der Waals surface area contributed by atoms with Gasteiger partial charge in [-0.05, 0) is 19.1 Å². The molecule has 0 unspecified atom stereocenters. The molecule has 1 aromatic heterocycles. The van der Waals surface area contributed by atoms with Gasteiger partial charge in [-0.1, -0.05) is 23.4 Å². The van der Waals surface area contributed by atoms with Gasteiger partial charge in [0.2, 0.25) is 0 Å². The fourth-order valence-corrected chi connectivity index (χ4v) is 2.20. The van der Waals surface area contributed by atoms with Crippen molar-refractivity contribution in [1.82, 2.24) is 15.0 Å². The molecule has 21 heavy (non-hydrogen) atoms. The van der Waals surface area contributed by atoms with Gasteiger partial charge < -0.3 is 14.8 Å². The van der Waals surface area contributed by atoms with Crippen LogP contribution in [0.15, 0.2) is 36.5 Å². The minimum Gasteiger partial charge on any atom is -0.373 e. The zero-order chi connectivity index (χ0) is 14.7. The summed E-state index contributed by atoms with van der Waals surface area (Å²) in [6, 6.07) is 9.46. The molecule has 1 aromatic carbocycles. The number of hydrogen-bond acceptors (Lipinski definition) is 5. The third kappa shape index (κ3) is 2.93. The number of carbonyl (C=O) groups is 1. The summed E-state index contributed by atoms with van der Waals surface area (Å²) >= 11 is 0. The van der Waals surface area contributed by atoms with Crippen molar-refractivity contribution in [3.8, 4) is 5.69 Å². The molecule has 0 spiro atoms. The van der Waals surface area contributed by atoms with Crippen molar-refractivity contribution in [3.63, 3.8) is 0 Å². The van der Waals surface area contributed by atoms with Gasteiger partial charge in [0.15, 0.2) is 11.9 Å². The number of para-hydroxylation sites is 1. The third-order valence-corrected chi connectivity index (χ3v) is 3.25. The molecular weight excluding hydrogens is 272 g/mol. The van der Waals surface area contributed by atoms with Crippen molar-refractivity contribution in [3.05, 3.63) is 36.5 Å². The Bertz CT molecular complexity index is 614. The summed E-state index contributed by atoms with van der Waals surface area (Å²) < 4.78 is 12.4. The highest BCUT2D eigenvalue weighted by atomic mass is 16.6. The van der Waals surface area contributed by atoms with Gasteiger partial charge >= 0.3 is 0 Å². The van der Waals surface area contributed by atoms with E-state index in [9.17, 15) is 4.79 Å². The summed E-state index contributed by atoms with van der Waals surface area (Å²) in [5.41, 5.74) is 0.819. The number of nitrogens with one attached hydrogen (secondary N) is 1. The average molecular weight is 288 g/mol. The molecule has 0 bridgehead atoms. The molecule has 1 N–H and O–H groups in total. The van der Waals surface area contributed by atoms with E-state index in [1.54, 1.807) is 4.68 Å². The van der Waals surface area contributed by atoms with Crippen molar-refractivity contribution in [1.29, 1.82) is 0 Å². The topological polar surface area (TPSA) is 78.3 Å². The first-order valence-corrected chi connectivity index (χ1v) is 6.76. The van der Waals surface area contributed by atoms with E-state index in [1.165, 1.54) is 6.20 Å². The highest BCUT2D eigenvalue weighted by Gasteiger charge is 2.30. The van der Waals surface area contributed by atoms with Crippen LogP contribution in [0.1, 0.15) is 6.92 Å². The van der Waals surface area contributed by atoms with E-state index in [0.29, 0.717) is 19.0 Å². The van der Waals surface area contributed by atoms with Crippen LogP contribution in [0.4, 0.5) is 5.82 Å². The SMILES string of the molecule is C[C@@H]1OCCO[C@@H]1C(=O)Nc1cnnn1-c1ccccc1. The number of amides is 1. The zero-order valence-electron chi connectivity index (χ0n) is 11.6. The van der Waals surface area contributed by atoms with Crippen LogP contribution in [0.5, 0.6) is 0 Å². The largest absolute Gasteiger partial charge is 0.373 e. The molecule has 3 rings (SSSR count). The van der Waals surface area contributed by atoms with Crippen LogP contribution in [0.2, 0.25) is 0 Å². The summed E-state index contributed by atoms with van der Waals surface area (Å²) in [6.07, 6.45) is 0.594. The molecule has 7 heteroatoms. The number of nitrogens with zero attached hydrogens (tertiary/aromatic N) is 3. The second kappa shape index (κ2) is 6.02. The predicted molar refractivity (Wildman–Crippen MR) is 75.1 cm³/mol. The quantitative estimate of drug-likeness (QED) is 0.912. The van der Waals surface area contributed by atoms with Gasteiger partial charge in [0, 0.05) is 0 Å². The maximum absolute atomic E-state index is 12.3. The molecule has 1 fully saturated rings. The molecule has 7 nitrogen and oxygen atoms in total. The summed E-state index contributed by atoms with van der Waals surface area (Å²) in [5, 5.41) is 10.6. The second-order valence-corrected chi connectivity index (χ2v) is 4.72. The molecule has 1 amide bonds. The lowest BCUT2D eigenvalue weighted by atomic mass is 10.2. The lowest BCUT2D eigenvalue weighted by Crippen LogP contribution is -2.45. The van der Waals surface area contributed by atoms with Crippen LogP contribution in [-0.2, 0) is 14.3 Å². The van der Waals surface area contributed by atoms with E-state index in [4.69, 9.17) is 9.47 Å². The van der Waals surface area contributed by atoms with Gasteiger partial charge in [0.25, 0.3) is 5.91 Å². The number of ether oxygens (including phenoxy) is 2. The van der Waals surface area contributed by atoms with E-state index in [2.05, 4.69) is 15.6 Å². The predicted octanol–water partition coefficient (Wildman–Crippen LogP) is 1.01. The number of carbonyl (C=O) groups excluding carboxylic acids is 1. The Labute approximate surface area is 121 Å². The highest BCUT2D eigenvalue weighted by molar-refractivity contribution is 5.94. The first kappa shape index (κ1) is 13.7. The standard InChI is InChI=1S/C14H16N4O3/c1-10-13(21-8-7-20-10)14(19)16-12-9-15-17-18(12)11-5-3-2-4-6-11/h2-6,9-10,13H,7-8H2,1H3,(H,16,19)/t10-,13-/m0/s1. The van der Waals surface area contributed by atoms with Crippen LogP contribution in [0.25, 0.3) is 5.69 Å². The van der Waals surface area contributed by atoms with E-state index >= 15 is 0 Å². The van der Waals surface area contributed by atoms with Crippen LogP contribution < -0.4 is 5.32 Å². The van der Waals surface area contributed by atoms with Crippen LogP contribution in [0, 0.1) is 0 Å². The fourth-order valence-electron chi connectivity index (χ4n) is 2.20. The number of anilines is 1. The fraction of sp³-hybridized carbons (Fsp3) is 0.357. The van der Waals surface area contributed by atoms with Crippen LogP contribution >= 0.6 is 0 Å². The molecule has 1 aliphatic rings. The maximum atomic E-state index is 12.3. The molecule has 0 saturated carbocycles. The minimum absolute atomic E-state index is 0.262. The zero-order valence-corrected chi connectivity index (χ0v) is 11.6. The number of hydrogen-bond donors (Lipinski definition) is 1. The molecule has 0 aliphatic carbocycles. The van der Waals surface area contributed by atoms with Gasteiger partial charge in [-0.3, -0.25) is 4.79 Å². The Morgan fingerprint density at radius 1 is 1.29 bits per heavy atom. The molecular formula is C14H16N4O3. The van der Waals surface area contributed by atoms with Crippen LogP contribution in [-0.4, -0.2) is 46.3 Å². The Morgan fingerprint density at radius 3 is 2.81 bits per heavy atom. The number of benzene rings is 1. The van der Waals surface area contributed by atoms with Gasteiger partial charge in [-0.25, -0.2) is 0 Å². The van der Waals surface area contributed by atoms with Crippen molar-refractivity contribution in [2.45, 2.75) is 19.1 Å². The van der Waals surface area contributed by atoms with E-state index in [-0.39, 0.29) is 12.0 Å². The molecule has 2 heterocycles. The van der Waals surface area contributed by atoms with Crippen molar-refractivity contribution in [2.24, 2.45) is 0 Å². The Hall–Kier alpha value is -2.25. The van der Waals surface area contributed by atoms with Gasteiger partial charge in [-0.2, -0.15) is 4.68 Å². The molecule has 2 atom stereocenters. The monoisotopic (exact) mass is 288 g/mol. The van der Waals surface area contributed by atoms with E-state index < -0.39 is 6.10 Å². The van der Waals surface area contributed by atoms with Crippen molar-refractivity contribution < 1.29 is 14.3 Å². The Balaban J connectivity index is 1.77. The summed E-state index contributed by atoms with van der Waals surface area (Å²) in [4.78, 5) is 12.3. The van der Waals surface area contributed by atoms with Gasteiger partial charge in [0.1, 0.15) is 0 Å². The second-order valence-electron chi connectivity index (χ2n) is 4.72. The summed E-state index contributed by atoms with van der Waals surface area (Å²) in [7, 11) is 0. The third-order valence-electron chi connectivity index (χ3n) is 3.25.